The smallest absolute Gasteiger partial charge is 0.161 e. The standard InChI is InChI=1S/C27H41NO2/c1-4-6-7-8-12-15-25(28-19-5-2)21-24-16-17-26(29-3)27(22-24)30-20-18-23-13-10-9-11-14-23/h9-11,13-14,16-17,22,25,28H,4-8,12,15,18-21H2,1-3H3/t25-/m1/s1. The molecule has 0 aliphatic carbocycles. The Bertz CT molecular complexity index is 687. The third-order valence-electron chi connectivity index (χ3n) is 5.54. The minimum atomic E-state index is 0.525. The van der Waals surface area contributed by atoms with Gasteiger partial charge in [-0.25, -0.2) is 0 Å². The van der Waals surface area contributed by atoms with Gasteiger partial charge in [0.2, 0.25) is 0 Å². The summed E-state index contributed by atoms with van der Waals surface area (Å²) < 4.78 is 11.7. The summed E-state index contributed by atoms with van der Waals surface area (Å²) in [5.74, 6) is 1.66. The van der Waals surface area contributed by atoms with Crippen LogP contribution >= 0.6 is 0 Å². The predicted octanol–water partition coefficient (Wildman–Crippen LogP) is 6.59. The molecule has 3 heteroatoms. The van der Waals surface area contributed by atoms with Gasteiger partial charge in [-0.3, -0.25) is 0 Å². The van der Waals surface area contributed by atoms with Gasteiger partial charge in [-0.15, -0.1) is 0 Å². The molecular weight excluding hydrogens is 370 g/mol. The molecule has 0 spiro atoms. The monoisotopic (exact) mass is 411 g/mol. The van der Waals surface area contributed by atoms with Crippen LogP contribution < -0.4 is 14.8 Å². The Morgan fingerprint density at radius 2 is 1.63 bits per heavy atom. The van der Waals surface area contributed by atoms with Crippen LogP contribution in [-0.4, -0.2) is 26.3 Å². The average molecular weight is 412 g/mol. The number of hydrogen-bond acceptors (Lipinski definition) is 3. The Morgan fingerprint density at radius 3 is 2.37 bits per heavy atom. The Morgan fingerprint density at radius 1 is 0.833 bits per heavy atom. The van der Waals surface area contributed by atoms with Gasteiger partial charge in [-0.1, -0.05) is 82.3 Å². The summed E-state index contributed by atoms with van der Waals surface area (Å²) >= 11 is 0. The largest absolute Gasteiger partial charge is 0.493 e. The summed E-state index contributed by atoms with van der Waals surface area (Å²) in [6.45, 7) is 6.24. The molecule has 0 amide bonds. The van der Waals surface area contributed by atoms with Crippen molar-refractivity contribution in [2.45, 2.75) is 77.7 Å². The number of rotatable bonds is 16. The summed E-state index contributed by atoms with van der Waals surface area (Å²) in [6, 6.07) is 17.4. The molecule has 2 rings (SSSR count). The molecule has 166 valence electrons. The van der Waals surface area contributed by atoms with Crippen LogP contribution in [0.3, 0.4) is 0 Å². The number of methoxy groups -OCH3 is 1. The molecule has 1 atom stereocenters. The van der Waals surface area contributed by atoms with Gasteiger partial charge in [0.25, 0.3) is 0 Å². The first-order valence-corrected chi connectivity index (χ1v) is 11.8. The van der Waals surface area contributed by atoms with Gasteiger partial charge in [-0.2, -0.15) is 0 Å². The first-order valence-electron chi connectivity index (χ1n) is 11.8. The second-order valence-electron chi connectivity index (χ2n) is 8.13. The van der Waals surface area contributed by atoms with Gasteiger partial charge in [-0.05, 0) is 49.1 Å². The van der Waals surface area contributed by atoms with Crippen molar-refractivity contribution >= 4 is 0 Å². The maximum atomic E-state index is 6.12. The molecule has 30 heavy (non-hydrogen) atoms. The molecule has 0 bridgehead atoms. The van der Waals surface area contributed by atoms with Crippen molar-refractivity contribution in [1.29, 1.82) is 0 Å². The van der Waals surface area contributed by atoms with Crippen LogP contribution in [0.15, 0.2) is 48.5 Å². The minimum absolute atomic E-state index is 0.525. The number of ether oxygens (including phenoxy) is 2. The fourth-order valence-electron chi connectivity index (χ4n) is 3.79. The molecule has 0 fully saturated rings. The maximum Gasteiger partial charge on any atom is 0.161 e. The zero-order valence-electron chi connectivity index (χ0n) is 19.3. The summed E-state index contributed by atoms with van der Waals surface area (Å²) in [5.41, 5.74) is 2.60. The van der Waals surface area contributed by atoms with E-state index in [2.05, 4.69) is 55.6 Å². The first-order chi connectivity index (χ1) is 14.8. The van der Waals surface area contributed by atoms with E-state index in [1.807, 2.05) is 12.1 Å². The van der Waals surface area contributed by atoms with Crippen molar-refractivity contribution in [3.8, 4) is 11.5 Å². The fourth-order valence-corrected chi connectivity index (χ4v) is 3.79. The predicted molar refractivity (Wildman–Crippen MR) is 128 cm³/mol. The van der Waals surface area contributed by atoms with Crippen LogP contribution in [0, 0.1) is 0 Å². The average Bonchev–Trinajstić information content (AvgIpc) is 2.78. The van der Waals surface area contributed by atoms with Crippen molar-refractivity contribution in [1.82, 2.24) is 5.32 Å². The van der Waals surface area contributed by atoms with Crippen molar-refractivity contribution < 1.29 is 9.47 Å². The highest BCUT2D eigenvalue weighted by Crippen LogP contribution is 2.29. The SMILES string of the molecule is CCCCCCC[C@H](Cc1ccc(OC)c(OCCc2ccccc2)c1)NCCC. The van der Waals surface area contributed by atoms with Crippen LogP contribution in [-0.2, 0) is 12.8 Å². The Kier molecular flexibility index (Phi) is 12.1. The molecule has 0 saturated carbocycles. The van der Waals surface area contributed by atoms with Crippen molar-refractivity contribution in [2.75, 3.05) is 20.3 Å². The van der Waals surface area contributed by atoms with E-state index in [0.29, 0.717) is 12.6 Å². The Labute approximate surface area is 184 Å². The summed E-state index contributed by atoms with van der Waals surface area (Å²) in [7, 11) is 1.71. The molecule has 0 radical (unpaired) electrons. The van der Waals surface area contributed by atoms with Gasteiger partial charge in [0.05, 0.1) is 13.7 Å². The first kappa shape index (κ1) is 24.3. The quantitative estimate of drug-likeness (QED) is 0.316. The van der Waals surface area contributed by atoms with E-state index in [0.717, 1.165) is 30.9 Å². The molecule has 3 nitrogen and oxygen atoms in total. The van der Waals surface area contributed by atoms with Crippen molar-refractivity contribution in [3.63, 3.8) is 0 Å². The van der Waals surface area contributed by atoms with Gasteiger partial charge < -0.3 is 14.8 Å². The third-order valence-corrected chi connectivity index (χ3v) is 5.54. The number of hydrogen-bond donors (Lipinski definition) is 1. The molecule has 0 unspecified atom stereocenters. The van der Waals surface area contributed by atoms with Gasteiger partial charge in [0.15, 0.2) is 11.5 Å². The number of benzene rings is 2. The summed E-state index contributed by atoms with van der Waals surface area (Å²) in [6.07, 6.45) is 11.0. The molecule has 0 heterocycles. The molecule has 0 aliphatic heterocycles. The van der Waals surface area contributed by atoms with Crippen molar-refractivity contribution in [2.24, 2.45) is 0 Å². The van der Waals surface area contributed by atoms with E-state index >= 15 is 0 Å². The zero-order valence-corrected chi connectivity index (χ0v) is 19.3. The fraction of sp³-hybridized carbons (Fsp3) is 0.556. The van der Waals surface area contributed by atoms with E-state index in [1.165, 1.54) is 56.1 Å². The lowest BCUT2D eigenvalue weighted by Gasteiger charge is -2.20. The number of unbranched alkanes of at least 4 members (excludes halogenated alkanes) is 4. The van der Waals surface area contributed by atoms with Gasteiger partial charge in [0.1, 0.15) is 0 Å². The maximum absolute atomic E-state index is 6.12. The van der Waals surface area contributed by atoms with Crippen LogP contribution in [0.25, 0.3) is 0 Å². The second-order valence-corrected chi connectivity index (χ2v) is 8.13. The molecule has 0 saturated heterocycles. The highest BCUT2D eigenvalue weighted by atomic mass is 16.5. The van der Waals surface area contributed by atoms with Gasteiger partial charge >= 0.3 is 0 Å². The summed E-state index contributed by atoms with van der Waals surface area (Å²) in [5, 5.41) is 3.75. The number of nitrogens with one attached hydrogen (secondary N) is 1. The third kappa shape index (κ3) is 9.21. The highest BCUT2D eigenvalue weighted by Gasteiger charge is 2.12. The molecular formula is C27H41NO2. The summed E-state index contributed by atoms with van der Waals surface area (Å²) in [4.78, 5) is 0. The Balaban J connectivity index is 1.93. The lowest BCUT2D eigenvalue weighted by molar-refractivity contribution is 0.297. The highest BCUT2D eigenvalue weighted by molar-refractivity contribution is 5.43. The molecule has 0 aromatic heterocycles. The van der Waals surface area contributed by atoms with Crippen LogP contribution in [0.5, 0.6) is 11.5 Å². The van der Waals surface area contributed by atoms with E-state index in [4.69, 9.17) is 9.47 Å². The second kappa shape index (κ2) is 14.9. The molecule has 2 aromatic rings. The van der Waals surface area contributed by atoms with Gasteiger partial charge in [0, 0.05) is 12.5 Å². The van der Waals surface area contributed by atoms with E-state index < -0.39 is 0 Å². The lowest BCUT2D eigenvalue weighted by atomic mass is 9.99. The molecule has 1 N–H and O–H groups in total. The van der Waals surface area contributed by atoms with E-state index in [9.17, 15) is 0 Å². The van der Waals surface area contributed by atoms with Crippen LogP contribution in [0.1, 0.15) is 69.9 Å². The van der Waals surface area contributed by atoms with Crippen LogP contribution in [0.4, 0.5) is 0 Å². The minimum Gasteiger partial charge on any atom is -0.493 e. The van der Waals surface area contributed by atoms with E-state index in [1.54, 1.807) is 7.11 Å². The van der Waals surface area contributed by atoms with Crippen molar-refractivity contribution in [3.05, 3.63) is 59.7 Å². The zero-order chi connectivity index (χ0) is 21.4. The molecule has 0 aliphatic rings. The lowest BCUT2D eigenvalue weighted by Crippen LogP contribution is -2.31. The topological polar surface area (TPSA) is 30.5 Å². The van der Waals surface area contributed by atoms with E-state index in [-0.39, 0.29) is 0 Å². The Hall–Kier alpha value is -2.00. The normalized spacial score (nSPS) is 12.0. The molecule has 2 aromatic carbocycles. The van der Waals surface area contributed by atoms with Crippen LogP contribution in [0.2, 0.25) is 0 Å².